The van der Waals surface area contributed by atoms with Gasteiger partial charge in [0, 0.05) is 5.02 Å². The zero-order chi connectivity index (χ0) is 15.0. The maximum absolute atomic E-state index is 6.19. The van der Waals surface area contributed by atoms with Gasteiger partial charge in [-0.2, -0.15) is 4.98 Å². The number of ether oxygens (including phenoxy) is 1. The third-order valence-corrected chi connectivity index (χ3v) is 4.16. The van der Waals surface area contributed by atoms with Crippen molar-refractivity contribution in [3.8, 4) is 5.75 Å². The predicted octanol–water partition coefficient (Wildman–Crippen LogP) is 3.51. The monoisotopic (exact) mass is 307 g/mol. The number of rotatable bonds is 4. The zero-order valence-corrected chi connectivity index (χ0v) is 12.9. The van der Waals surface area contributed by atoms with Crippen LogP contribution in [-0.2, 0) is 5.54 Å². The van der Waals surface area contributed by atoms with Crippen LogP contribution in [0.15, 0.2) is 22.7 Å². The minimum atomic E-state index is -0.419. The molecule has 6 heteroatoms. The lowest BCUT2D eigenvalue weighted by Gasteiger charge is -2.34. The first-order valence-corrected chi connectivity index (χ1v) is 7.41. The molecule has 1 aromatic heterocycles. The molecule has 0 amide bonds. The largest absolute Gasteiger partial charge is 0.481 e. The van der Waals surface area contributed by atoms with Gasteiger partial charge in [-0.25, -0.2) is 0 Å². The van der Waals surface area contributed by atoms with Gasteiger partial charge >= 0.3 is 0 Å². The van der Waals surface area contributed by atoms with Gasteiger partial charge in [0.05, 0.1) is 5.54 Å². The topological polar surface area (TPSA) is 74.2 Å². The number of aromatic nitrogens is 2. The van der Waals surface area contributed by atoms with Crippen LogP contribution < -0.4 is 10.5 Å². The van der Waals surface area contributed by atoms with E-state index in [1.165, 1.54) is 0 Å². The number of hydrogen-bond donors (Lipinski definition) is 1. The van der Waals surface area contributed by atoms with Crippen molar-refractivity contribution in [2.75, 3.05) is 0 Å². The molecule has 0 saturated heterocycles. The van der Waals surface area contributed by atoms with Crippen molar-refractivity contribution in [2.45, 2.75) is 44.8 Å². The summed E-state index contributed by atoms with van der Waals surface area (Å²) in [6.45, 7) is 3.81. The molecule has 1 saturated carbocycles. The van der Waals surface area contributed by atoms with E-state index in [1.807, 2.05) is 26.0 Å². The summed E-state index contributed by atoms with van der Waals surface area (Å²) in [5.41, 5.74) is 6.73. The van der Waals surface area contributed by atoms with Crippen molar-refractivity contribution in [2.24, 2.45) is 5.73 Å². The molecule has 0 aliphatic heterocycles. The van der Waals surface area contributed by atoms with Crippen LogP contribution in [0, 0.1) is 6.92 Å². The molecule has 1 atom stereocenters. The molecule has 5 nitrogen and oxygen atoms in total. The zero-order valence-electron chi connectivity index (χ0n) is 12.1. The Morgan fingerprint density at radius 2 is 2.19 bits per heavy atom. The van der Waals surface area contributed by atoms with Gasteiger partial charge < -0.3 is 15.0 Å². The van der Waals surface area contributed by atoms with E-state index in [2.05, 4.69) is 10.1 Å². The molecule has 1 heterocycles. The van der Waals surface area contributed by atoms with Gasteiger partial charge in [-0.15, -0.1) is 0 Å². The second-order valence-electron chi connectivity index (χ2n) is 5.64. The fraction of sp³-hybridized carbons (Fsp3) is 0.467. The van der Waals surface area contributed by atoms with Crippen LogP contribution in [0.1, 0.15) is 49.6 Å². The lowest BCUT2D eigenvalue weighted by atomic mass is 9.77. The highest BCUT2D eigenvalue weighted by Crippen LogP contribution is 2.37. The van der Waals surface area contributed by atoms with E-state index in [0.717, 1.165) is 30.6 Å². The minimum Gasteiger partial charge on any atom is -0.481 e. The lowest BCUT2D eigenvalue weighted by Crippen LogP contribution is -2.44. The quantitative estimate of drug-likeness (QED) is 0.935. The second-order valence-corrected chi connectivity index (χ2v) is 6.07. The first kappa shape index (κ1) is 14.4. The van der Waals surface area contributed by atoms with Gasteiger partial charge in [0.1, 0.15) is 5.75 Å². The van der Waals surface area contributed by atoms with Crippen molar-refractivity contribution >= 4 is 11.6 Å². The smallest absolute Gasteiger partial charge is 0.267 e. The molecule has 3 rings (SSSR count). The molecule has 0 radical (unpaired) electrons. The number of halogens is 1. The van der Waals surface area contributed by atoms with Gasteiger partial charge in [-0.1, -0.05) is 16.8 Å². The first-order valence-electron chi connectivity index (χ1n) is 7.04. The second kappa shape index (κ2) is 5.31. The summed E-state index contributed by atoms with van der Waals surface area (Å²) in [5, 5.41) is 4.68. The molecule has 1 unspecified atom stereocenters. The average molecular weight is 308 g/mol. The van der Waals surface area contributed by atoms with Gasteiger partial charge in [0.25, 0.3) is 5.89 Å². The Morgan fingerprint density at radius 3 is 2.81 bits per heavy atom. The van der Waals surface area contributed by atoms with Crippen molar-refractivity contribution in [3.05, 3.63) is 40.5 Å². The van der Waals surface area contributed by atoms with E-state index in [0.29, 0.717) is 16.7 Å². The Labute approximate surface area is 128 Å². The summed E-state index contributed by atoms with van der Waals surface area (Å²) < 4.78 is 11.2. The Kier molecular flexibility index (Phi) is 3.63. The number of nitrogens with zero attached hydrogens (tertiary/aromatic N) is 2. The van der Waals surface area contributed by atoms with Crippen molar-refractivity contribution < 1.29 is 9.26 Å². The standard InChI is InChI=1S/C15H18ClN3O2/c1-9-8-11(16)4-5-12(9)20-10(2)13-18-14(19-21-13)15(17)6-3-7-15/h4-5,8,10H,3,6-7,17H2,1-2H3. The summed E-state index contributed by atoms with van der Waals surface area (Å²) in [4.78, 5) is 4.39. The molecule has 2 N–H and O–H groups in total. The molecular weight excluding hydrogens is 290 g/mol. The van der Waals surface area contributed by atoms with Crippen LogP contribution in [0.2, 0.25) is 5.02 Å². The van der Waals surface area contributed by atoms with Crippen molar-refractivity contribution in [1.82, 2.24) is 10.1 Å². The van der Waals surface area contributed by atoms with E-state index in [4.69, 9.17) is 26.6 Å². The Balaban J connectivity index is 1.74. The van der Waals surface area contributed by atoms with Crippen LogP contribution in [-0.4, -0.2) is 10.1 Å². The van der Waals surface area contributed by atoms with Crippen LogP contribution in [0.3, 0.4) is 0 Å². The van der Waals surface area contributed by atoms with E-state index in [9.17, 15) is 0 Å². The highest BCUT2D eigenvalue weighted by molar-refractivity contribution is 6.30. The maximum atomic E-state index is 6.19. The average Bonchev–Trinajstić information content (AvgIpc) is 2.89. The molecule has 0 spiro atoms. The molecule has 2 aromatic rings. The number of nitrogens with two attached hydrogens (primary N) is 1. The summed E-state index contributed by atoms with van der Waals surface area (Å²) in [6, 6.07) is 5.48. The van der Waals surface area contributed by atoms with E-state index in [-0.39, 0.29) is 6.10 Å². The van der Waals surface area contributed by atoms with E-state index < -0.39 is 5.54 Å². The van der Waals surface area contributed by atoms with Gasteiger partial charge in [0.2, 0.25) is 0 Å². The van der Waals surface area contributed by atoms with Gasteiger partial charge in [-0.05, 0) is 56.9 Å². The number of benzene rings is 1. The molecule has 0 bridgehead atoms. The van der Waals surface area contributed by atoms with Crippen LogP contribution in [0.4, 0.5) is 0 Å². The van der Waals surface area contributed by atoms with Gasteiger partial charge in [-0.3, -0.25) is 0 Å². The third kappa shape index (κ3) is 2.76. The molecule has 1 fully saturated rings. The van der Waals surface area contributed by atoms with Crippen molar-refractivity contribution in [1.29, 1.82) is 0 Å². The summed E-state index contributed by atoms with van der Waals surface area (Å²) in [7, 11) is 0. The van der Waals surface area contributed by atoms with Crippen molar-refractivity contribution in [3.63, 3.8) is 0 Å². The Bertz CT molecular complexity index is 652. The third-order valence-electron chi connectivity index (χ3n) is 3.92. The highest BCUT2D eigenvalue weighted by Gasteiger charge is 2.39. The van der Waals surface area contributed by atoms with E-state index >= 15 is 0 Å². The van der Waals surface area contributed by atoms with Gasteiger partial charge in [0.15, 0.2) is 11.9 Å². The molecule has 1 aliphatic carbocycles. The Morgan fingerprint density at radius 1 is 1.43 bits per heavy atom. The van der Waals surface area contributed by atoms with Crippen LogP contribution in [0.25, 0.3) is 0 Å². The molecule has 1 aliphatic rings. The summed E-state index contributed by atoms with van der Waals surface area (Å²) >= 11 is 5.94. The number of hydrogen-bond acceptors (Lipinski definition) is 5. The number of aryl methyl sites for hydroxylation is 1. The first-order chi connectivity index (χ1) is 9.98. The molecule has 112 valence electrons. The highest BCUT2D eigenvalue weighted by atomic mass is 35.5. The molecular formula is C15H18ClN3O2. The summed E-state index contributed by atoms with van der Waals surface area (Å²) in [6.07, 6.45) is 2.57. The summed E-state index contributed by atoms with van der Waals surface area (Å²) in [5.74, 6) is 1.76. The predicted molar refractivity (Wildman–Crippen MR) is 79.2 cm³/mol. The lowest BCUT2D eigenvalue weighted by molar-refractivity contribution is 0.173. The fourth-order valence-electron chi connectivity index (χ4n) is 2.37. The normalized spacial score (nSPS) is 18.1. The SMILES string of the molecule is Cc1cc(Cl)ccc1OC(C)c1nc(C2(N)CCC2)no1. The van der Waals surface area contributed by atoms with Crippen LogP contribution in [0.5, 0.6) is 5.75 Å². The van der Waals surface area contributed by atoms with Crippen LogP contribution >= 0.6 is 11.6 Å². The Hall–Kier alpha value is -1.59. The fourth-order valence-corrected chi connectivity index (χ4v) is 2.60. The molecule has 1 aromatic carbocycles. The van der Waals surface area contributed by atoms with E-state index in [1.54, 1.807) is 6.07 Å². The minimum absolute atomic E-state index is 0.338. The molecule has 21 heavy (non-hydrogen) atoms. The maximum Gasteiger partial charge on any atom is 0.267 e.